The number of ether oxygens (including phenoxy) is 3. The van der Waals surface area contributed by atoms with Crippen molar-refractivity contribution in [3.8, 4) is 11.5 Å². The van der Waals surface area contributed by atoms with Gasteiger partial charge in [0.1, 0.15) is 11.5 Å². The van der Waals surface area contributed by atoms with Gasteiger partial charge in [-0.05, 0) is 72.5 Å². The van der Waals surface area contributed by atoms with E-state index in [2.05, 4.69) is 21.6 Å². The summed E-state index contributed by atoms with van der Waals surface area (Å²) in [6.45, 7) is 11.1. The fourth-order valence-electron chi connectivity index (χ4n) is 2.94. The summed E-state index contributed by atoms with van der Waals surface area (Å²) >= 11 is 0. The normalized spacial score (nSPS) is 10.7. The van der Waals surface area contributed by atoms with Crippen LogP contribution < -0.4 is 9.47 Å². The van der Waals surface area contributed by atoms with Crippen molar-refractivity contribution in [1.29, 1.82) is 0 Å². The number of hydrogen-bond acceptors (Lipinski definition) is 7. The van der Waals surface area contributed by atoms with Crippen LogP contribution in [0.5, 0.6) is 11.5 Å². The number of hydrogen-bond donors (Lipinski definition) is 0. The van der Waals surface area contributed by atoms with Crippen LogP contribution in [-0.2, 0) is 9.53 Å². The van der Waals surface area contributed by atoms with Crippen LogP contribution >= 0.6 is 0 Å². The molecule has 8 heteroatoms. The van der Waals surface area contributed by atoms with Gasteiger partial charge in [-0.2, -0.15) is 10.2 Å². The lowest BCUT2D eigenvalue weighted by molar-refractivity contribution is -0.137. The minimum absolute atomic E-state index is 0.321. The molecule has 0 bridgehead atoms. The molecule has 3 aromatic carbocycles. The molecule has 186 valence electrons. The zero-order valence-corrected chi connectivity index (χ0v) is 20.1. The summed E-state index contributed by atoms with van der Waals surface area (Å²) in [5.41, 5.74) is 2.60. The number of benzene rings is 3. The van der Waals surface area contributed by atoms with E-state index in [-0.39, 0.29) is 0 Å². The van der Waals surface area contributed by atoms with Crippen molar-refractivity contribution < 1.29 is 23.8 Å². The highest BCUT2D eigenvalue weighted by Crippen LogP contribution is 2.17. The maximum absolute atomic E-state index is 12.4. The van der Waals surface area contributed by atoms with Gasteiger partial charge in [0.2, 0.25) is 0 Å². The van der Waals surface area contributed by atoms with Crippen LogP contribution in [0.3, 0.4) is 0 Å². The largest absolute Gasteiger partial charge is 0.494 e. The Hall–Kier alpha value is -5.03. The summed E-state index contributed by atoms with van der Waals surface area (Å²) in [7, 11) is 0. The number of rotatable bonds is 12. The number of unbranched alkanes of at least 4 members (excludes halogenated alkanes) is 1. The third kappa shape index (κ3) is 9.26. The molecule has 0 unspecified atom stereocenters. The summed E-state index contributed by atoms with van der Waals surface area (Å²) < 4.78 is 16.0. The van der Waals surface area contributed by atoms with Crippen LogP contribution in [0, 0.1) is 6.57 Å². The third-order valence-corrected chi connectivity index (χ3v) is 4.90. The predicted molar refractivity (Wildman–Crippen MR) is 142 cm³/mol. The Balaban J connectivity index is 1.42. The maximum Gasteiger partial charge on any atom is 0.343 e. The smallest absolute Gasteiger partial charge is 0.343 e. The number of esters is 2. The van der Waals surface area contributed by atoms with Crippen molar-refractivity contribution in [3.05, 3.63) is 114 Å². The lowest BCUT2D eigenvalue weighted by Gasteiger charge is -2.08. The van der Waals surface area contributed by atoms with E-state index < -0.39 is 11.9 Å². The fourth-order valence-corrected chi connectivity index (χ4v) is 2.94. The molecule has 3 aromatic rings. The van der Waals surface area contributed by atoms with Gasteiger partial charge in [-0.1, -0.05) is 30.8 Å². The fraction of sp³-hybridized carbons (Fsp3) is 0.138. The highest BCUT2D eigenvalue weighted by molar-refractivity contribution is 5.91. The quantitative estimate of drug-likeness (QED) is 0.0603. The van der Waals surface area contributed by atoms with Gasteiger partial charge in [0.25, 0.3) is 0 Å². The lowest BCUT2D eigenvalue weighted by atomic mass is 10.2. The summed E-state index contributed by atoms with van der Waals surface area (Å²) in [4.78, 5) is 26.7. The zero-order chi connectivity index (χ0) is 26.3. The monoisotopic (exact) mass is 495 g/mol. The molecule has 0 N–H and O–H groups in total. The van der Waals surface area contributed by atoms with Gasteiger partial charge in [0.05, 0.1) is 37.8 Å². The summed E-state index contributed by atoms with van der Waals surface area (Å²) in [6, 6.07) is 20.6. The van der Waals surface area contributed by atoms with Gasteiger partial charge in [-0.25, -0.2) is 14.4 Å². The first-order valence-electron chi connectivity index (χ1n) is 11.5. The van der Waals surface area contributed by atoms with Crippen LogP contribution in [-0.4, -0.2) is 37.6 Å². The number of carbonyl (C=O) groups is 2. The van der Waals surface area contributed by atoms with Crippen molar-refractivity contribution in [1.82, 2.24) is 0 Å². The molecule has 3 rings (SSSR count). The Kier molecular flexibility index (Phi) is 10.3. The van der Waals surface area contributed by atoms with Crippen LogP contribution in [0.4, 0.5) is 5.69 Å². The van der Waals surface area contributed by atoms with E-state index in [1.54, 1.807) is 85.2 Å². The van der Waals surface area contributed by atoms with Gasteiger partial charge in [0.15, 0.2) is 5.69 Å². The molecule has 8 nitrogen and oxygen atoms in total. The van der Waals surface area contributed by atoms with Crippen molar-refractivity contribution in [2.24, 2.45) is 10.2 Å². The second-order valence-corrected chi connectivity index (χ2v) is 7.60. The Morgan fingerprint density at radius 1 is 0.811 bits per heavy atom. The second-order valence-electron chi connectivity index (χ2n) is 7.60. The summed E-state index contributed by atoms with van der Waals surface area (Å²) in [6.07, 6.45) is 5.72. The lowest BCUT2D eigenvalue weighted by Crippen LogP contribution is -2.08. The Labute approximate surface area is 215 Å². The Morgan fingerprint density at radius 3 is 1.97 bits per heavy atom. The van der Waals surface area contributed by atoms with Gasteiger partial charge in [-0.15, -0.1) is 0 Å². The van der Waals surface area contributed by atoms with Gasteiger partial charge in [0, 0.05) is 6.08 Å². The molecular formula is C29H25N3O5. The molecular weight excluding hydrogens is 470 g/mol. The standard InChI is InChI=1S/C29H25N3O5/c1-3-28(33)36-19-5-4-18-35-26-16-10-24(11-17-26)29(34)37-27-14-8-23(9-15-27)21-32-31-20-22-6-12-25(30-2)13-7-22/h3,6-17,20-21H,1,4-5,18-19H2/b31-20-,32-21-. The third-order valence-electron chi connectivity index (χ3n) is 4.90. The predicted octanol–water partition coefficient (Wildman–Crippen LogP) is 5.80. The second kappa shape index (κ2) is 14.4. The van der Waals surface area contributed by atoms with Crippen molar-refractivity contribution >= 4 is 30.1 Å². The minimum atomic E-state index is -0.481. The minimum Gasteiger partial charge on any atom is -0.494 e. The molecule has 0 fully saturated rings. The van der Waals surface area contributed by atoms with Gasteiger partial charge >= 0.3 is 11.9 Å². The SMILES string of the molecule is [C-]#[N+]c1ccc(/C=N\N=C/c2ccc(OC(=O)c3ccc(OCCCCOC(=O)C=C)cc3)cc2)cc1. The van der Waals surface area contributed by atoms with E-state index in [1.165, 1.54) is 0 Å². The van der Waals surface area contributed by atoms with Crippen LogP contribution in [0.2, 0.25) is 0 Å². The molecule has 0 saturated heterocycles. The highest BCUT2D eigenvalue weighted by Gasteiger charge is 2.09. The molecule has 0 radical (unpaired) electrons. The molecule has 0 amide bonds. The molecule has 0 heterocycles. The average Bonchev–Trinajstić information content (AvgIpc) is 2.94. The topological polar surface area (TPSA) is 90.9 Å². The molecule has 0 aliphatic heterocycles. The first-order chi connectivity index (χ1) is 18.1. The Morgan fingerprint density at radius 2 is 1.38 bits per heavy atom. The van der Waals surface area contributed by atoms with Gasteiger partial charge < -0.3 is 14.2 Å². The van der Waals surface area contributed by atoms with E-state index in [1.807, 2.05) is 0 Å². The molecule has 0 aliphatic rings. The Bertz CT molecular complexity index is 1290. The molecule has 0 aromatic heterocycles. The van der Waals surface area contributed by atoms with Crippen molar-refractivity contribution in [2.45, 2.75) is 12.8 Å². The van der Waals surface area contributed by atoms with Crippen LogP contribution in [0.25, 0.3) is 4.85 Å². The first kappa shape index (κ1) is 26.6. The molecule has 37 heavy (non-hydrogen) atoms. The first-order valence-corrected chi connectivity index (χ1v) is 11.5. The van der Waals surface area contributed by atoms with Gasteiger partial charge in [-0.3, -0.25) is 0 Å². The maximum atomic E-state index is 12.4. The number of nitrogens with zero attached hydrogens (tertiary/aromatic N) is 3. The number of carbonyl (C=O) groups excluding carboxylic acids is 2. The van der Waals surface area contributed by atoms with Crippen molar-refractivity contribution in [3.63, 3.8) is 0 Å². The van der Waals surface area contributed by atoms with E-state index in [4.69, 9.17) is 20.8 Å². The molecule has 0 spiro atoms. The van der Waals surface area contributed by atoms with Crippen LogP contribution in [0.1, 0.15) is 34.3 Å². The van der Waals surface area contributed by atoms with E-state index in [0.717, 1.165) is 23.6 Å². The average molecular weight is 496 g/mol. The van der Waals surface area contributed by atoms with E-state index in [0.29, 0.717) is 42.4 Å². The molecule has 0 saturated carbocycles. The van der Waals surface area contributed by atoms with Crippen molar-refractivity contribution in [2.75, 3.05) is 13.2 Å². The zero-order valence-electron chi connectivity index (χ0n) is 20.1. The van der Waals surface area contributed by atoms with E-state index >= 15 is 0 Å². The van der Waals surface area contributed by atoms with E-state index in [9.17, 15) is 9.59 Å². The molecule has 0 atom stereocenters. The van der Waals surface area contributed by atoms with Crippen LogP contribution in [0.15, 0.2) is 95.7 Å². The molecule has 0 aliphatic carbocycles. The summed E-state index contributed by atoms with van der Waals surface area (Å²) in [5, 5.41) is 8.01. The highest BCUT2D eigenvalue weighted by atomic mass is 16.5. The summed E-state index contributed by atoms with van der Waals surface area (Å²) in [5.74, 6) is 0.121.